The van der Waals surface area contributed by atoms with Gasteiger partial charge in [-0.3, -0.25) is 0 Å². The average Bonchev–Trinajstić information content (AvgIpc) is 3.10. The number of rotatable bonds is 7. The Morgan fingerprint density at radius 1 is 1.09 bits per heavy atom. The van der Waals surface area contributed by atoms with Crippen molar-refractivity contribution in [3.05, 3.63) is 75.2 Å². The SMILES string of the molecule is CCOC(=O)C(C)(C)Oc1c(C)cc(Cn2ncn(-c3ccc(C(F)(F)F)c(F)c3)c2=O)cc1C. The molecule has 1 aromatic heterocycles. The summed E-state index contributed by atoms with van der Waals surface area (Å²) in [7, 11) is 0. The number of carbonyl (C=O) groups excluding carboxylic acids is 1. The van der Waals surface area contributed by atoms with Crippen molar-refractivity contribution in [2.24, 2.45) is 0 Å². The predicted octanol–water partition coefficient (Wildman–Crippen LogP) is 4.58. The van der Waals surface area contributed by atoms with Crippen LogP contribution < -0.4 is 10.4 Å². The number of halogens is 4. The number of carbonyl (C=O) groups is 1. The van der Waals surface area contributed by atoms with Crippen molar-refractivity contribution in [3.8, 4) is 11.4 Å². The van der Waals surface area contributed by atoms with Crippen LogP contribution in [0.5, 0.6) is 5.75 Å². The molecule has 0 radical (unpaired) electrons. The molecule has 0 saturated heterocycles. The van der Waals surface area contributed by atoms with Crippen LogP contribution in [-0.2, 0) is 22.3 Å². The Bertz CT molecular complexity index is 1290. The monoisotopic (exact) mass is 495 g/mol. The zero-order valence-electron chi connectivity index (χ0n) is 19.9. The Labute approximate surface area is 198 Å². The standard InChI is InChI=1S/C24H25F4N3O4/c1-6-34-21(32)23(4,5)35-20-14(2)9-16(10-15(20)3)12-31-22(33)30(13-29-31)17-7-8-18(19(25)11-17)24(26,27)28/h7-11,13H,6,12H2,1-5H3. The van der Waals surface area contributed by atoms with Crippen LogP contribution in [0, 0.1) is 19.7 Å². The molecule has 0 spiro atoms. The van der Waals surface area contributed by atoms with Crippen molar-refractivity contribution in [1.82, 2.24) is 14.3 Å². The first-order chi connectivity index (χ1) is 16.2. The van der Waals surface area contributed by atoms with Crippen LogP contribution in [0.1, 0.15) is 43.0 Å². The lowest BCUT2D eigenvalue weighted by Crippen LogP contribution is -2.40. The van der Waals surface area contributed by atoms with E-state index in [1.807, 2.05) is 0 Å². The lowest BCUT2D eigenvalue weighted by atomic mass is 10.0. The molecule has 2 aromatic carbocycles. The first kappa shape index (κ1) is 26.0. The topological polar surface area (TPSA) is 75.3 Å². The highest BCUT2D eigenvalue weighted by molar-refractivity contribution is 5.79. The molecule has 0 fully saturated rings. The van der Waals surface area contributed by atoms with Gasteiger partial charge in [-0.25, -0.2) is 23.2 Å². The largest absolute Gasteiger partial charge is 0.476 e. The number of alkyl halides is 3. The van der Waals surface area contributed by atoms with Gasteiger partial charge in [-0.2, -0.15) is 18.3 Å². The van der Waals surface area contributed by atoms with Gasteiger partial charge in [-0.05, 0) is 69.5 Å². The normalized spacial score (nSPS) is 12.0. The van der Waals surface area contributed by atoms with Gasteiger partial charge in [0.2, 0.25) is 0 Å². The molecule has 0 unspecified atom stereocenters. The Morgan fingerprint density at radius 2 is 1.71 bits per heavy atom. The van der Waals surface area contributed by atoms with E-state index in [2.05, 4.69) is 5.10 Å². The summed E-state index contributed by atoms with van der Waals surface area (Å²) < 4.78 is 65.4. The van der Waals surface area contributed by atoms with E-state index in [9.17, 15) is 27.2 Å². The maximum absolute atomic E-state index is 14.0. The zero-order chi connectivity index (χ0) is 26.1. The lowest BCUT2D eigenvalue weighted by Gasteiger charge is -2.26. The third-order valence-corrected chi connectivity index (χ3v) is 5.25. The number of nitrogens with zero attached hydrogens (tertiary/aromatic N) is 3. The number of esters is 1. The van der Waals surface area contributed by atoms with Crippen LogP contribution in [0.25, 0.3) is 5.69 Å². The van der Waals surface area contributed by atoms with Crippen LogP contribution in [0.15, 0.2) is 41.5 Å². The maximum atomic E-state index is 14.0. The van der Waals surface area contributed by atoms with E-state index in [-0.39, 0.29) is 18.8 Å². The molecule has 35 heavy (non-hydrogen) atoms. The summed E-state index contributed by atoms with van der Waals surface area (Å²) in [6.45, 7) is 8.78. The number of hydrogen-bond acceptors (Lipinski definition) is 5. The van der Waals surface area contributed by atoms with Crippen molar-refractivity contribution >= 4 is 5.97 Å². The third kappa shape index (κ3) is 5.55. The van der Waals surface area contributed by atoms with Gasteiger partial charge < -0.3 is 9.47 Å². The van der Waals surface area contributed by atoms with E-state index in [0.717, 1.165) is 32.8 Å². The Balaban J connectivity index is 1.86. The second-order valence-electron chi connectivity index (χ2n) is 8.49. The van der Waals surface area contributed by atoms with Gasteiger partial charge in [0.25, 0.3) is 0 Å². The first-order valence-corrected chi connectivity index (χ1v) is 10.7. The third-order valence-electron chi connectivity index (χ3n) is 5.25. The van der Waals surface area contributed by atoms with Gasteiger partial charge in [0, 0.05) is 0 Å². The molecule has 0 amide bonds. The second kappa shape index (κ2) is 9.55. The van der Waals surface area contributed by atoms with Gasteiger partial charge in [0.05, 0.1) is 24.4 Å². The second-order valence-corrected chi connectivity index (χ2v) is 8.49. The molecule has 1 heterocycles. The Kier molecular flexibility index (Phi) is 7.09. The van der Waals surface area contributed by atoms with E-state index < -0.39 is 34.8 Å². The van der Waals surface area contributed by atoms with Crippen molar-refractivity contribution in [1.29, 1.82) is 0 Å². The minimum atomic E-state index is -4.84. The highest BCUT2D eigenvalue weighted by atomic mass is 19.4. The molecule has 0 aliphatic carbocycles. The van der Waals surface area contributed by atoms with Crippen molar-refractivity contribution < 1.29 is 31.8 Å². The van der Waals surface area contributed by atoms with Crippen molar-refractivity contribution in [2.45, 2.75) is 52.9 Å². The summed E-state index contributed by atoms with van der Waals surface area (Å²) in [5.41, 5.74) is -1.22. The molecule has 0 aliphatic rings. The van der Waals surface area contributed by atoms with E-state index in [0.29, 0.717) is 23.4 Å². The fraction of sp³-hybridized carbons (Fsp3) is 0.375. The molecule has 0 aliphatic heterocycles. The van der Waals surface area contributed by atoms with Crippen LogP contribution in [0.2, 0.25) is 0 Å². The number of ether oxygens (including phenoxy) is 2. The maximum Gasteiger partial charge on any atom is 0.419 e. The summed E-state index contributed by atoms with van der Waals surface area (Å²) in [5, 5.41) is 4.00. The van der Waals surface area contributed by atoms with Crippen LogP contribution in [-0.4, -0.2) is 32.5 Å². The van der Waals surface area contributed by atoms with Crippen LogP contribution in [0.4, 0.5) is 17.6 Å². The quantitative estimate of drug-likeness (QED) is 0.354. The Morgan fingerprint density at radius 3 is 2.26 bits per heavy atom. The molecular weight excluding hydrogens is 470 g/mol. The summed E-state index contributed by atoms with van der Waals surface area (Å²) >= 11 is 0. The number of benzene rings is 2. The first-order valence-electron chi connectivity index (χ1n) is 10.7. The molecule has 7 nitrogen and oxygen atoms in total. The molecule has 3 rings (SSSR count). The fourth-order valence-electron chi connectivity index (χ4n) is 3.57. The van der Waals surface area contributed by atoms with Crippen LogP contribution in [0.3, 0.4) is 0 Å². The van der Waals surface area contributed by atoms with E-state index in [1.165, 1.54) is 0 Å². The smallest absolute Gasteiger partial charge is 0.419 e. The molecule has 0 saturated carbocycles. The lowest BCUT2D eigenvalue weighted by molar-refractivity contribution is -0.158. The molecule has 0 N–H and O–H groups in total. The molecule has 0 atom stereocenters. The highest BCUT2D eigenvalue weighted by Gasteiger charge is 2.34. The fourth-order valence-corrected chi connectivity index (χ4v) is 3.57. The van der Waals surface area contributed by atoms with Crippen molar-refractivity contribution in [2.75, 3.05) is 6.61 Å². The summed E-state index contributed by atoms with van der Waals surface area (Å²) in [5.74, 6) is -1.48. The van der Waals surface area contributed by atoms with Gasteiger partial charge in [0.1, 0.15) is 17.9 Å². The molecule has 188 valence electrons. The average molecular weight is 495 g/mol. The number of aromatic nitrogens is 3. The van der Waals surface area contributed by atoms with Crippen molar-refractivity contribution in [3.63, 3.8) is 0 Å². The Hall–Kier alpha value is -3.63. The summed E-state index contributed by atoms with van der Waals surface area (Å²) in [4.78, 5) is 24.9. The minimum Gasteiger partial charge on any atom is -0.476 e. The molecule has 3 aromatic rings. The number of aryl methyl sites for hydroxylation is 2. The highest BCUT2D eigenvalue weighted by Crippen LogP contribution is 2.32. The summed E-state index contributed by atoms with van der Waals surface area (Å²) in [6, 6.07) is 5.77. The van der Waals surface area contributed by atoms with E-state index in [4.69, 9.17) is 9.47 Å². The number of hydrogen-bond donors (Lipinski definition) is 0. The van der Waals surface area contributed by atoms with Gasteiger partial charge in [-0.1, -0.05) is 12.1 Å². The van der Waals surface area contributed by atoms with Gasteiger partial charge in [0.15, 0.2) is 5.60 Å². The zero-order valence-corrected chi connectivity index (χ0v) is 19.9. The molecule has 0 bridgehead atoms. The van der Waals surface area contributed by atoms with E-state index >= 15 is 0 Å². The summed E-state index contributed by atoms with van der Waals surface area (Å²) in [6.07, 6.45) is -3.72. The molecular formula is C24H25F4N3O4. The molecule has 11 heteroatoms. The van der Waals surface area contributed by atoms with Gasteiger partial charge >= 0.3 is 17.8 Å². The predicted molar refractivity (Wildman–Crippen MR) is 119 cm³/mol. The van der Waals surface area contributed by atoms with Crippen LogP contribution >= 0.6 is 0 Å². The minimum absolute atomic E-state index is 0.0537. The van der Waals surface area contributed by atoms with E-state index in [1.54, 1.807) is 46.8 Å². The van der Waals surface area contributed by atoms with Gasteiger partial charge in [-0.15, -0.1) is 0 Å².